The molecule has 0 aliphatic rings. The fourth-order valence-electron chi connectivity index (χ4n) is 1.87. The van der Waals surface area contributed by atoms with Crippen molar-refractivity contribution in [3.05, 3.63) is 23.8 Å². The van der Waals surface area contributed by atoms with Gasteiger partial charge in [-0.1, -0.05) is 6.07 Å². The average Bonchev–Trinajstić information content (AvgIpc) is 2.46. The van der Waals surface area contributed by atoms with Gasteiger partial charge in [0.1, 0.15) is 5.75 Å². The summed E-state index contributed by atoms with van der Waals surface area (Å²) in [4.78, 5) is 11.9. The number of nitrogens with zero attached hydrogens (tertiary/aromatic N) is 1. The van der Waals surface area contributed by atoms with Crippen molar-refractivity contribution in [2.45, 2.75) is 33.1 Å². The first-order valence-electron chi connectivity index (χ1n) is 6.92. The number of hydrogen-bond acceptors (Lipinski definition) is 5. The van der Waals surface area contributed by atoms with Crippen molar-refractivity contribution < 1.29 is 14.3 Å². The molecule has 1 aromatic carbocycles. The van der Waals surface area contributed by atoms with Gasteiger partial charge in [-0.15, -0.1) is 0 Å². The summed E-state index contributed by atoms with van der Waals surface area (Å²) in [6.45, 7) is 4.11. The second kappa shape index (κ2) is 7.53. The van der Waals surface area contributed by atoms with Crippen molar-refractivity contribution in [1.82, 2.24) is 0 Å². The van der Waals surface area contributed by atoms with Crippen molar-refractivity contribution in [3.63, 3.8) is 0 Å². The zero-order valence-corrected chi connectivity index (χ0v) is 12.8. The molecular formula is C16H22N2O3. The van der Waals surface area contributed by atoms with Gasteiger partial charge in [0.05, 0.1) is 36.5 Å². The molecule has 0 amide bonds. The third-order valence-electron chi connectivity index (χ3n) is 3.24. The van der Waals surface area contributed by atoms with Crippen LogP contribution in [0.5, 0.6) is 5.75 Å². The van der Waals surface area contributed by atoms with Crippen LogP contribution < -0.4 is 10.5 Å². The number of nitriles is 1. The van der Waals surface area contributed by atoms with E-state index in [0.29, 0.717) is 17.9 Å². The third-order valence-corrected chi connectivity index (χ3v) is 3.24. The number of rotatable bonds is 7. The minimum absolute atomic E-state index is 0.288. The molecule has 0 radical (unpaired) electrons. The van der Waals surface area contributed by atoms with E-state index in [0.717, 1.165) is 19.3 Å². The molecule has 1 aromatic rings. The number of benzene rings is 1. The molecule has 1 rings (SSSR count). The van der Waals surface area contributed by atoms with E-state index in [-0.39, 0.29) is 11.1 Å². The molecule has 0 aliphatic heterocycles. The first-order valence-corrected chi connectivity index (χ1v) is 6.92. The average molecular weight is 290 g/mol. The summed E-state index contributed by atoms with van der Waals surface area (Å²) < 4.78 is 10.3. The molecule has 0 spiro atoms. The van der Waals surface area contributed by atoms with Crippen molar-refractivity contribution in [3.8, 4) is 11.8 Å². The number of anilines is 1. The Labute approximate surface area is 125 Å². The van der Waals surface area contributed by atoms with Gasteiger partial charge in [-0.05, 0) is 45.2 Å². The Hall–Kier alpha value is -2.22. The summed E-state index contributed by atoms with van der Waals surface area (Å²) in [6.07, 6.45) is 2.34. The van der Waals surface area contributed by atoms with Crippen LogP contribution in [-0.4, -0.2) is 19.7 Å². The highest BCUT2D eigenvalue weighted by molar-refractivity contribution is 5.96. The Morgan fingerprint density at radius 1 is 1.38 bits per heavy atom. The van der Waals surface area contributed by atoms with Crippen molar-refractivity contribution in [2.24, 2.45) is 5.41 Å². The van der Waals surface area contributed by atoms with Crippen LogP contribution in [0.4, 0.5) is 5.69 Å². The Kier molecular flexibility index (Phi) is 6.04. The maximum absolute atomic E-state index is 11.9. The Bertz CT molecular complexity index is 533. The largest absolute Gasteiger partial charge is 0.495 e. The third kappa shape index (κ3) is 4.99. The molecule has 114 valence electrons. The minimum Gasteiger partial charge on any atom is -0.495 e. The summed E-state index contributed by atoms with van der Waals surface area (Å²) in [5.74, 6) is 0.00571. The fourth-order valence-corrected chi connectivity index (χ4v) is 1.87. The zero-order chi connectivity index (χ0) is 15.9. The predicted octanol–water partition coefficient (Wildman–Crippen LogP) is 3.15. The van der Waals surface area contributed by atoms with E-state index in [2.05, 4.69) is 6.07 Å². The lowest BCUT2D eigenvalue weighted by Crippen LogP contribution is -2.11. The monoisotopic (exact) mass is 290 g/mol. The summed E-state index contributed by atoms with van der Waals surface area (Å²) >= 11 is 0. The number of carbonyl (C=O) groups is 1. The van der Waals surface area contributed by atoms with Crippen LogP contribution in [0.2, 0.25) is 0 Å². The minimum atomic E-state index is -0.453. The van der Waals surface area contributed by atoms with Crippen LogP contribution in [0.3, 0.4) is 0 Å². The normalized spacial score (nSPS) is 10.8. The molecular weight excluding hydrogens is 268 g/mol. The van der Waals surface area contributed by atoms with Gasteiger partial charge < -0.3 is 15.2 Å². The number of ether oxygens (including phenoxy) is 2. The van der Waals surface area contributed by atoms with Gasteiger partial charge in [-0.3, -0.25) is 0 Å². The van der Waals surface area contributed by atoms with Crippen LogP contribution >= 0.6 is 0 Å². The Morgan fingerprint density at radius 2 is 2.10 bits per heavy atom. The standard InChI is InChI=1S/C16H22N2O3/c1-16(2,11-17)9-4-5-10-21-15(19)12-7-6-8-13(20-3)14(12)18/h6-8H,4-5,9-10,18H2,1-3H3. The van der Waals surface area contributed by atoms with Gasteiger partial charge in [-0.25, -0.2) is 4.79 Å². The van der Waals surface area contributed by atoms with E-state index in [1.807, 2.05) is 13.8 Å². The number of hydrogen-bond donors (Lipinski definition) is 1. The molecule has 0 saturated heterocycles. The molecule has 5 heteroatoms. The van der Waals surface area contributed by atoms with Gasteiger partial charge in [-0.2, -0.15) is 5.26 Å². The lowest BCUT2D eigenvalue weighted by Gasteiger charge is -2.14. The Balaban J connectivity index is 2.44. The number of unbranched alkanes of at least 4 members (excludes halogenated alkanes) is 1. The molecule has 0 fully saturated rings. The molecule has 0 unspecified atom stereocenters. The summed E-state index contributed by atoms with van der Waals surface area (Å²) in [5.41, 5.74) is 6.11. The van der Waals surface area contributed by atoms with Crippen molar-refractivity contribution in [1.29, 1.82) is 5.26 Å². The van der Waals surface area contributed by atoms with E-state index in [9.17, 15) is 4.79 Å². The summed E-state index contributed by atoms with van der Waals surface area (Å²) in [6, 6.07) is 7.25. The van der Waals surface area contributed by atoms with Crippen molar-refractivity contribution in [2.75, 3.05) is 19.5 Å². The van der Waals surface area contributed by atoms with E-state index in [1.165, 1.54) is 7.11 Å². The second-order valence-corrected chi connectivity index (χ2v) is 5.51. The maximum atomic E-state index is 11.9. The first kappa shape index (κ1) is 16.8. The highest BCUT2D eigenvalue weighted by Gasteiger charge is 2.16. The van der Waals surface area contributed by atoms with E-state index < -0.39 is 5.97 Å². The van der Waals surface area contributed by atoms with Gasteiger partial charge in [0.25, 0.3) is 0 Å². The number of esters is 1. The van der Waals surface area contributed by atoms with Gasteiger partial charge in [0.2, 0.25) is 0 Å². The molecule has 2 N–H and O–H groups in total. The number of para-hydroxylation sites is 1. The molecule has 0 aromatic heterocycles. The van der Waals surface area contributed by atoms with Gasteiger partial charge in [0, 0.05) is 0 Å². The quantitative estimate of drug-likeness (QED) is 0.473. The highest BCUT2D eigenvalue weighted by atomic mass is 16.5. The van der Waals surface area contributed by atoms with Crippen LogP contribution in [0, 0.1) is 16.7 Å². The van der Waals surface area contributed by atoms with Crippen LogP contribution in [0.1, 0.15) is 43.5 Å². The van der Waals surface area contributed by atoms with Crippen LogP contribution in [-0.2, 0) is 4.74 Å². The molecule has 0 heterocycles. The van der Waals surface area contributed by atoms with E-state index in [4.69, 9.17) is 20.5 Å². The molecule has 0 saturated carbocycles. The highest BCUT2D eigenvalue weighted by Crippen LogP contribution is 2.25. The summed E-state index contributed by atoms with van der Waals surface area (Å²) in [7, 11) is 1.50. The SMILES string of the molecule is COc1cccc(C(=O)OCCCCC(C)(C)C#N)c1N. The lowest BCUT2D eigenvalue weighted by molar-refractivity contribution is 0.0497. The summed E-state index contributed by atoms with van der Waals surface area (Å²) in [5, 5.41) is 8.91. The number of methoxy groups -OCH3 is 1. The maximum Gasteiger partial charge on any atom is 0.340 e. The van der Waals surface area contributed by atoms with Crippen LogP contribution in [0.25, 0.3) is 0 Å². The number of carbonyl (C=O) groups excluding carboxylic acids is 1. The Morgan fingerprint density at radius 3 is 2.71 bits per heavy atom. The molecule has 5 nitrogen and oxygen atoms in total. The molecule has 0 bridgehead atoms. The fraction of sp³-hybridized carbons (Fsp3) is 0.500. The van der Waals surface area contributed by atoms with E-state index in [1.54, 1.807) is 18.2 Å². The zero-order valence-electron chi connectivity index (χ0n) is 12.8. The molecule has 0 atom stereocenters. The molecule has 0 aliphatic carbocycles. The van der Waals surface area contributed by atoms with Crippen molar-refractivity contribution >= 4 is 11.7 Å². The topological polar surface area (TPSA) is 85.3 Å². The smallest absolute Gasteiger partial charge is 0.340 e. The van der Waals surface area contributed by atoms with E-state index >= 15 is 0 Å². The first-order chi connectivity index (χ1) is 9.91. The van der Waals surface area contributed by atoms with Gasteiger partial charge >= 0.3 is 5.97 Å². The van der Waals surface area contributed by atoms with Crippen LogP contribution in [0.15, 0.2) is 18.2 Å². The lowest BCUT2D eigenvalue weighted by atomic mass is 9.89. The number of nitrogen functional groups attached to an aromatic ring is 1. The van der Waals surface area contributed by atoms with Gasteiger partial charge in [0.15, 0.2) is 0 Å². The predicted molar refractivity (Wildman–Crippen MR) is 80.9 cm³/mol. The molecule has 21 heavy (non-hydrogen) atoms. The second-order valence-electron chi connectivity index (χ2n) is 5.51. The number of nitrogens with two attached hydrogens (primary N) is 1.